The van der Waals surface area contributed by atoms with E-state index in [9.17, 15) is 4.39 Å². The van der Waals surface area contributed by atoms with Gasteiger partial charge in [-0.1, -0.05) is 27.7 Å². The van der Waals surface area contributed by atoms with Gasteiger partial charge in [0.25, 0.3) is 0 Å². The molecule has 0 radical (unpaired) electrons. The van der Waals surface area contributed by atoms with Crippen molar-refractivity contribution in [1.82, 2.24) is 0 Å². The van der Waals surface area contributed by atoms with Crippen molar-refractivity contribution < 1.29 is 8.81 Å². The molecule has 0 saturated carbocycles. The van der Waals surface area contributed by atoms with Crippen LogP contribution in [-0.4, -0.2) is 0 Å². The monoisotopic (exact) mass is 336 g/mol. The van der Waals surface area contributed by atoms with E-state index in [1.165, 1.54) is 12.1 Å². The highest BCUT2D eigenvalue weighted by Crippen LogP contribution is 2.39. The molecular formula is C15H10BrFOS. The van der Waals surface area contributed by atoms with Crippen LogP contribution in [0.15, 0.2) is 61.1 Å². The minimum Gasteiger partial charge on any atom is -0.460 e. The van der Waals surface area contributed by atoms with Gasteiger partial charge in [0.15, 0.2) is 0 Å². The first-order valence-electron chi connectivity index (χ1n) is 5.75. The quantitative estimate of drug-likeness (QED) is 0.587. The second-order valence-corrected chi connectivity index (χ2v) is 6.18. The smallest absolute Gasteiger partial charge is 0.135 e. The van der Waals surface area contributed by atoms with E-state index in [4.69, 9.17) is 4.42 Å². The second kappa shape index (κ2) is 5.02. The summed E-state index contributed by atoms with van der Waals surface area (Å²) in [5.74, 6) is 0.656. The van der Waals surface area contributed by atoms with E-state index in [0.717, 1.165) is 31.0 Å². The molecule has 3 rings (SSSR count). The van der Waals surface area contributed by atoms with Crippen molar-refractivity contribution in [1.29, 1.82) is 0 Å². The second-order valence-electron chi connectivity index (χ2n) is 4.18. The number of hydrogen-bond acceptors (Lipinski definition) is 2. The number of benzene rings is 2. The van der Waals surface area contributed by atoms with Crippen molar-refractivity contribution in [2.45, 2.75) is 16.7 Å². The summed E-state index contributed by atoms with van der Waals surface area (Å²) in [7, 11) is 0. The van der Waals surface area contributed by atoms with Crippen LogP contribution < -0.4 is 0 Å². The van der Waals surface area contributed by atoms with Crippen LogP contribution in [0.2, 0.25) is 0 Å². The van der Waals surface area contributed by atoms with E-state index < -0.39 is 0 Å². The topological polar surface area (TPSA) is 13.1 Å². The highest BCUT2D eigenvalue weighted by molar-refractivity contribution is 9.10. The molecule has 0 atom stereocenters. The summed E-state index contributed by atoms with van der Waals surface area (Å²) in [6.07, 6.45) is 0. The predicted octanol–water partition coefficient (Wildman–Crippen LogP) is 5.79. The van der Waals surface area contributed by atoms with Gasteiger partial charge >= 0.3 is 0 Å². The Kier molecular flexibility index (Phi) is 3.37. The van der Waals surface area contributed by atoms with Crippen LogP contribution in [0.4, 0.5) is 4.39 Å². The summed E-state index contributed by atoms with van der Waals surface area (Å²) in [6.45, 7) is 1.94. The average molecular weight is 337 g/mol. The fraction of sp³-hybridized carbons (Fsp3) is 0.0667. The molecule has 0 spiro atoms. The number of furan rings is 1. The van der Waals surface area contributed by atoms with Gasteiger partial charge in [-0.05, 0) is 49.4 Å². The maximum absolute atomic E-state index is 12.9. The van der Waals surface area contributed by atoms with Gasteiger partial charge in [0.05, 0.1) is 4.90 Å². The SMILES string of the molecule is Cc1oc2ccc(Br)cc2c1Sc1ccc(F)cc1. The Hall–Kier alpha value is -1.26. The first-order valence-corrected chi connectivity index (χ1v) is 7.36. The zero-order valence-corrected chi connectivity index (χ0v) is 12.5. The maximum Gasteiger partial charge on any atom is 0.135 e. The van der Waals surface area contributed by atoms with Crippen molar-refractivity contribution >= 4 is 38.7 Å². The molecule has 2 aromatic carbocycles. The molecule has 0 amide bonds. The molecule has 0 aliphatic rings. The summed E-state index contributed by atoms with van der Waals surface area (Å²) >= 11 is 5.06. The molecule has 4 heteroatoms. The first-order chi connectivity index (χ1) is 9.13. The largest absolute Gasteiger partial charge is 0.460 e. The number of rotatable bonds is 2. The molecule has 0 saturated heterocycles. The van der Waals surface area contributed by atoms with Crippen molar-refractivity contribution in [2.75, 3.05) is 0 Å². The van der Waals surface area contributed by atoms with Crippen LogP contribution >= 0.6 is 27.7 Å². The summed E-state index contributed by atoms with van der Waals surface area (Å²) < 4.78 is 19.7. The van der Waals surface area contributed by atoms with E-state index in [1.54, 1.807) is 23.9 Å². The fourth-order valence-corrected chi connectivity index (χ4v) is 3.24. The standard InChI is InChI=1S/C15H10BrFOS/c1-9-15(19-12-5-3-11(17)4-6-12)13-8-10(16)2-7-14(13)18-9/h2-8H,1H3. The van der Waals surface area contributed by atoms with Crippen LogP contribution in [0.1, 0.15) is 5.76 Å². The lowest BCUT2D eigenvalue weighted by molar-refractivity contribution is 0.568. The molecule has 0 unspecified atom stereocenters. The third-order valence-electron chi connectivity index (χ3n) is 2.80. The van der Waals surface area contributed by atoms with Gasteiger partial charge in [-0.25, -0.2) is 4.39 Å². The molecule has 19 heavy (non-hydrogen) atoms. The van der Waals surface area contributed by atoms with Crippen molar-refractivity contribution in [3.8, 4) is 0 Å². The van der Waals surface area contributed by atoms with Crippen LogP contribution in [0, 0.1) is 12.7 Å². The third-order valence-corrected chi connectivity index (χ3v) is 4.52. The Morgan fingerprint density at radius 2 is 1.84 bits per heavy atom. The Morgan fingerprint density at radius 1 is 1.11 bits per heavy atom. The molecule has 0 N–H and O–H groups in total. The van der Waals surface area contributed by atoms with Gasteiger partial charge in [-0.15, -0.1) is 0 Å². The van der Waals surface area contributed by atoms with Gasteiger partial charge in [-0.3, -0.25) is 0 Å². The predicted molar refractivity (Wildman–Crippen MR) is 79.2 cm³/mol. The van der Waals surface area contributed by atoms with E-state index in [0.29, 0.717) is 0 Å². The Balaban J connectivity index is 2.06. The normalized spacial score (nSPS) is 11.1. The lowest BCUT2D eigenvalue weighted by Gasteiger charge is -2.01. The minimum absolute atomic E-state index is 0.221. The Morgan fingerprint density at radius 3 is 2.58 bits per heavy atom. The van der Waals surface area contributed by atoms with Gasteiger partial charge in [-0.2, -0.15) is 0 Å². The van der Waals surface area contributed by atoms with Crippen molar-refractivity contribution in [3.05, 3.63) is 58.5 Å². The van der Waals surface area contributed by atoms with Gasteiger partial charge in [0, 0.05) is 14.8 Å². The molecule has 0 fully saturated rings. The van der Waals surface area contributed by atoms with Crippen LogP contribution in [0.5, 0.6) is 0 Å². The number of fused-ring (bicyclic) bond motifs is 1. The van der Waals surface area contributed by atoms with Gasteiger partial charge in [0.2, 0.25) is 0 Å². The molecule has 1 nitrogen and oxygen atoms in total. The fourth-order valence-electron chi connectivity index (χ4n) is 1.92. The minimum atomic E-state index is -0.221. The number of aryl methyl sites for hydroxylation is 1. The van der Waals surface area contributed by atoms with Gasteiger partial charge in [0.1, 0.15) is 17.2 Å². The molecule has 0 bridgehead atoms. The van der Waals surface area contributed by atoms with Crippen molar-refractivity contribution in [2.24, 2.45) is 0 Å². The summed E-state index contributed by atoms with van der Waals surface area (Å²) in [5.41, 5.74) is 0.866. The highest BCUT2D eigenvalue weighted by atomic mass is 79.9. The number of halogens is 2. The molecular weight excluding hydrogens is 327 g/mol. The van der Waals surface area contributed by atoms with Crippen LogP contribution in [0.3, 0.4) is 0 Å². The van der Waals surface area contributed by atoms with E-state index in [-0.39, 0.29) is 5.82 Å². The molecule has 3 aromatic rings. The van der Waals surface area contributed by atoms with E-state index >= 15 is 0 Å². The molecule has 0 aliphatic carbocycles. The average Bonchev–Trinajstić information content (AvgIpc) is 2.69. The summed E-state index contributed by atoms with van der Waals surface area (Å²) in [6, 6.07) is 12.4. The lowest BCUT2D eigenvalue weighted by atomic mass is 10.2. The van der Waals surface area contributed by atoms with E-state index in [1.807, 2.05) is 25.1 Å². The van der Waals surface area contributed by atoms with Crippen LogP contribution in [-0.2, 0) is 0 Å². The number of hydrogen-bond donors (Lipinski definition) is 0. The first kappa shape index (κ1) is 12.8. The van der Waals surface area contributed by atoms with E-state index in [2.05, 4.69) is 15.9 Å². The zero-order valence-electron chi connectivity index (χ0n) is 10.1. The zero-order chi connectivity index (χ0) is 13.4. The Labute approximate surface area is 122 Å². The highest BCUT2D eigenvalue weighted by Gasteiger charge is 2.12. The molecule has 1 heterocycles. The lowest BCUT2D eigenvalue weighted by Crippen LogP contribution is -1.77. The summed E-state index contributed by atoms with van der Waals surface area (Å²) in [4.78, 5) is 2.06. The summed E-state index contributed by atoms with van der Waals surface area (Å²) in [5, 5.41) is 1.07. The maximum atomic E-state index is 12.9. The molecule has 96 valence electrons. The van der Waals surface area contributed by atoms with Crippen molar-refractivity contribution in [3.63, 3.8) is 0 Å². The molecule has 0 aliphatic heterocycles. The van der Waals surface area contributed by atoms with Gasteiger partial charge < -0.3 is 4.42 Å². The Bertz CT molecular complexity index is 734. The third kappa shape index (κ3) is 2.55. The van der Waals surface area contributed by atoms with Crippen LogP contribution in [0.25, 0.3) is 11.0 Å². The molecule has 1 aromatic heterocycles.